The maximum absolute atomic E-state index is 12.8. The molecule has 0 bridgehead atoms. The minimum atomic E-state index is -0.107. The summed E-state index contributed by atoms with van der Waals surface area (Å²) in [6, 6.07) is 14.9. The summed E-state index contributed by atoms with van der Waals surface area (Å²) >= 11 is 6.09. The van der Waals surface area contributed by atoms with Gasteiger partial charge < -0.3 is 10.1 Å². The second-order valence-corrected chi connectivity index (χ2v) is 8.47. The average Bonchev–Trinajstić information content (AvgIpc) is 3.19. The molecule has 4 aromatic rings. The Kier molecular flexibility index (Phi) is 5.52. The summed E-state index contributed by atoms with van der Waals surface area (Å²) in [4.78, 5) is 33.3. The molecule has 0 radical (unpaired) electrons. The van der Waals surface area contributed by atoms with Gasteiger partial charge in [0.1, 0.15) is 23.1 Å². The fourth-order valence-electron chi connectivity index (χ4n) is 4.06. The lowest BCUT2D eigenvalue weighted by Crippen LogP contribution is -2.08. The molecule has 0 aliphatic carbocycles. The number of hydrogen-bond donors (Lipinski definition) is 1. The summed E-state index contributed by atoms with van der Waals surface area (Å²) in [5.41, 5.74) is 4.18. The fraction of sp³-hybridized carbons (Fsp3) is 0.154. The Balaban J connectivity index is 1.42. The number of amides is 1. The smallest absolute Gasteiger partial charge is 0.230 e. The van der Waals surface area contributed by atoms with Crippen LogP contribution in [0.2, 0.25) is 5.02 Å². The van der Waals surface area contributed by atoms with Crippen molar-refractivity contribution in [3.05, 3.63) is 88.2 Å². The Labute approximate surface area is 195 Å². The molecule has 2 aromatic heterocycles. The van der Waals surface area contributed by atoms with E-state index in [2.05, 4.69) is 15.3 Å². The van der Waals surface area contributed by atoms with Gasteiger partial charge in [-0.25, -0.2) is 4.98 Å². The van der Waals surface area contributed by atoms with Gasteiger partial charge in [-0.05, 0) is 53.9 Å². The first-order chi connectivity index (χ1) is 16.0. The molecule has 1 N–H and O–H groups in total. The fourth-order valence-corrected chi connectivity index (χ4v) is 4.18. The van der Waals surface area contributed by atoms with Gasteiger partial charge in [0.25, 0.3) is 0 Å². The molecule has 7 heteroatoms. The van der Waals surface area contributed by atoms with Gasteiger partial charge in [0, 0.05) is 41.2 Å². The molecule has 6 nitrogen and oxygen atoms in total. The first-order valence-corrected chi connectivity index (χ1v) is 10.9. The van der Waals surface area contributed by atoms with Gasteiger partial charge in [0.05, 0.1) is 11.9 Å². The van der Waals surface area contributed by atoms with E-state index >= 15 is 0 Å². The number of nitrogens with one attached hydrogen (secondary N) is 1. The summed E-state index contributed by atoms with van der Waals surface area (Å²) in [6.45, 7) is 1.93. The quantitative estimate of drug-likeness (QED) is 0.428. The normalized spacial score (nSPS) is 12.5. The monoisotopic (exact) mass is 457 g/mol. The second kappa shape index (κ2) is 8.64. The van der Waals surface area contributed by atoms with E-state index in [9.17, 15) is 9.59 Å². The molecule has 0 unspecified atom stereocenters. The van der Waals surface area contributed by atoms with Gasteiger partial charge in [-0.2, -0.15) is 0 Å². The van der Waals surface area contributed by atoms with Crippen molar-refractivity contribution in [1.82, 2.24) is 9.97 Å². The first kappa shape index (κ1) is 21.1. The third-order valence-electron chi connectivity index (χ3n) is 5.65. The number of fused-ring (bicyclic) bond motifs is 2. The van der Waals surface area contributed by atoms with E-state index in [1.807, 2.05) is 49.4 Å². The van der Waals surface area contributed by atoms with Gasteiger partial charge in [0.15, 0.2) is 0 Å². The Morgan fingerprint density at radius 3 is 2.79 bits per heavy atom. The van der Waals surface area contributed by atoms with Crippen LogP contribution in [-0.2, 0) is 28.9 Å². The van der Waals surface area contributed by atoms with Crippen LogP contribution < -0.4 is 10.1 Å². The number of benzene rings is 2. The van der Waals surface area contributed by atoms with Crippen LogP contribution >= 0.6 is 11.6 Å². The molecule has 0 saturated carbocycles. The molecule has 0 saturated heterocycles. The molecule has 33 heavy (non-hydrogen) atoms. The molecule has 0 fully saturated rings. The lowest BCUT2D eigenvalue weighted by atomic mass is 9.99. The number of anilines is 1. The van der Waals surface area contributed by atoms with E-state index in [1.54, 1.807) is 18.5 Å². The number of carbonyl (C=O) groups excluding carboxylic acids is 2. The van der Waals surface area contributed by atoms with Gasteiger partial charge in [-0.1, -0.05) is 29.8 Å². The third kappa shape index (κ3) is 4.30. The number of Topliss-reactive ketones (excluding diaryl/α,β-unsaturated/α-hetero) is 1. The molecule has 0 spiro atoms. The Bertz CT molecular complexity index is 1420. The molecular formula is C26H20ClN3O3. The highest BCUT2D eigenvalue weighted by atomic mass is 35.5. The van der Waals surface area contributed by atoms with Gasteiger partial charge in [-0.15, -0.1) is 0 Å². The number of ketones is 1. The molecule has 2 aromatic carbocycles. The van der Waals surface area contributed by atoms with Crippen LogP contribution in [0.15, 0.2) is 60.9 Å². The summed E-state index contributed by atoms with van der Waals surface area (Å²) in [6.07, 6.45) is 4.12. The minimum absolute atomic E-state index is 0.0916. The number of halogens is 1. The topological polar surface area (TPSA) is 81.2 Å². The number of rotatable bonds is 6. The van der Waals surface area contributed by atoms with Crippen molar-refractivity contribution in [2.24, 2.45) is 0 Å². The van der Waals surface area contributed by atoms with E-state index < -0.39 is 0 Å². The number of nitrogens with zero attached hydrogens (tertiary/aromatic N) is 2. The van der Waals surface area contributed by atoms with Crippen molar-refractivity contribution in [3.8, 4) is 11.5 Å². The Hall–Kier alpha value is -3.77. The molecule has 5 rings (SSSR count). The van der Waals surface area contributed by atoms with Crippen LogP contribution in [0.25, 0.3) is 10.9 Å². The van der Waals surface area contributed by atoms with E-state index in [0.717, 1.165) is 33.2 Å². The summed E-state index contributed by atoms with van der Waals surface area (Å²) in [5.74, 6) is 1.69. The van der Waals surface area contributed by atoms with E-state index in [0.29, 0.717) is 28.8 Å². The molecule has 164 valence electrons. The summed E-state index contributed by atoms with van der Waals surface area (Å²) in [5, 5.41) is 4.22. The first-order valence-electron chi connectivity index (χ1n) is 10.6. The third-order valence-corrected chi connectivity index (χ3v) is 6.08. The lowest BCUT2D eigenvalue weighted by molar-refractivity contribution is -0.118. The zero-order valence-corrected chi connectivity index (χ0v) is 18.6. The standard InChI is InChI=1S/C26H20ClN3O3/c1-15-11-16(4-6-21(15)27)12-18(31)13-17-5-7-22(19-3-2-9-28-25(17)19)33-23-8-10-29-26-20(23)14-24(32)30-26/h2-11H,12-14H2,1H3,(H,29,30,32). The Morgan fingerprint density at radius 1 is 1.06 bits per heavy atom. The van der Waals surface area contributed by atoms with Gasteiger partial charge >= 0.3 is 0 Å². The van der Waals surface area contributed by atoms with Crippen molar-refractivity contribution in [2.75, 3.05) is 5.32 Å². The van der Waals surface area contributed by atoms with Crippen LogP contribution in [0.4, 0.5) is 5.82 Å². The predicted octanol–water partition coefficient (Wildman–Crippen LogP) is 5.23. The van der Waals surface area contributed by atoms with Crippen LogP contribution in [0.1, 0.15) is 22.3 Å². The largest absolute Gasteiger partial charge is 0.456 e. The predicted molar refractivity (Wildman–Crippen MR) is 127 cm³/mol. The van der Waals surface area contributed by atoms with Crippen LogP contribution in [0.5, 0.6) is 11.5 Å². The van der Waals surface area contributed by atoms with Crippen LogP contribution in [0, 0.1) is 6.92 Å². The molecule has 1 aliphatic heterocycles. The number of hydrogen-bond acceptors (Lipinski definition) is 5. The molecule has 3 heterocycles. The highest BCUT2D eigenvalue weighted by molar-refractivity contribution is 6.31. The van der Waals surface area contributed by atoms with Crippen molar-refractivity contribution >= 4 is 40.0 Å². The van der Waals surface area contributed by atoms with E-state index in [4.69, 9.17) is 16.3 Å². The Morgan fingerprint density at radius 2 is 1.94 bits per heavy atom. The summed E-state index contributed by atoms with van der Waals surface area (Å²) in [7, 11) is 0. The van der Waals surface area contributed by atoms with Crippen LogP contribution in [-0.4, -0.2) is 21.7 Å². The highest BCUT2D eigenvalue weighted by Gasteiger charge is 2.23. The van der Waals surface area contributed by atoms with Crippen molar-refractivity contribution in [2.45, 2.75) is 26.2 Å². The second-order valence-electron chi connectivity index (χ2n) is 8.06. The molecule has 1 aliphatic rings. The number of carbonyl (C=O) groups is 2. The minimum Gasteiger partial charge on any atom is -0.456 e. The summed E-state index contributed by atoms with van der Waals surface area (Å²) < 4.78 is 6.19. The zero-order chi connectivity index (χ0) is 22.9. The van der Waals surface area contributed by atoms with E-state index in [-0.39, 0.29) is 24.5 Å². The van der Waals surface area contributed by atoms with E-state index in [1.165, 1.54) is 0 Å². The zero-order valence-electron chi connectivity index (χ0n) is 17.9. The van der Waals surface area contributed by atoms with Crippen molar-refractivity contribution in [3.63, 3.8) is 0 Å². The van der Waals surface area contributed by atoms with Crippen molar-refractivity contribution < 1.29 is 14.3 Å². The molecule has 1 amide bonds. The average molecular weight is 458 g/mol. The van der Waals surface area contributed by atoms with Gasteiger partial charge in [-0.3, -0.25) is 14.6 Å². The number of aromatic nitrogens is 2. The maximum Gasteiger partial charge on any atom is 0.230 e. The molecular weight excluding hydrogens is 438 g/mol. The maximum atomic E-state index is 12.8. The highest BCUT2D eigenvalue weighted by Crippen LogP contribution is 2.36. The number of pyridine rings is 2. The lowest BCUT2D eigenvalue weighted by Gasteiger charge is -2.13. The van der Waals surface area contributed by atoms with Crippen LogP contribution in [0.3, 0.4) is 0 Å². The van der Waals surface area contributed by atoms with Crippen molar-refractivity contribution in [1.29, 1.82) is 0 Å². The number of aryl methyl sites for hydroxylation is 1. The molecule has 0 atom stereocenters. The van der Waals surface area contributed by atoms with Gasteiger partial charge in [0.2, 0.25) is 5.91 Å². The SMILES string of the molecule is Cc1cc(CC(=O)Cc2ccc(Oc3ccnc4c3CC(=O)N4)c3cccnc23)ccc1Cl. The number of ether oxygens (including phenoxy) is 1.